The van der Waals surface area contributed by atoms with Gasteiger partial charge in [-0.05, 0) is 42.3 Å². The zero-order chi connectivity index (χ0) is 14.8. The number of nitrogens with zero attached hydrogens (tertiary/aromatic N) is 5. The molecule has 2 heterocycles. The van der Waals surface area contributed by atoms with Crippen molar-refractivity contribution in [1.82, 2.24) is 24.5 Å². The summed E-state index contributed by atoms with van der Waals surface area (Å²) in [5.41, 5.74) is 1.87. The van der Waals surface area contributed by atoms with E-state index < -0.39 is 0 Å². The van der Waals surface area contributed by atoms with Crippen LogP contribution < -0.4 is 4.74 Å². The van der Waals surface area contributed by atoms with Crippen molar-refractivity contribution in [2.75, 3.05) is 7.11 Å². The van der Waals surface area contributed by atoms with Crippen molar-refractivity contribution < 1.29 is 4.74 Å². The number of hydrogen-bond donors (Lipinski definition) is 0. The third-order valence-electron chi connectivity index (χ3n) is 3.01. The van der Waals surface area contributed by atoms with Gasteiger partial charge in [0.1, 0.15) is 12.1 Å². The van der Waals surface area contributed by atoms with Crippen LogP contribution in [0.2, 0.25) is 5.28 Å². The molecule has 0 bridgehead atoms. The smallest absolute Gasteiger partial charge is 0.239 e. The fourth-order valence-electron chi connectivity index (χ4n) is 1.97. The summed E-state index contributed by atoms with van der Waals surface area (Å²) in [6.07, 6.45) is 5.00. The first-order valence-corrected chi connectivity index (χ1v) is 6.60. The molecule has 0 saturated carbocycles. The summed E-state index contributed by atoms with van der Waals surface area (Å²) in [6, 6.07) is 5.68. The van der Waals surface area contributed by atoms with Crippen LogP contribution in [0.3, 0.4) is 0 Å². The molecule has 6 nitrogen and oxygen atoms in total. The summed E-state index contributed by atoms with van der Waals surface area (Å²) in [7, 11) is 1.63. The largest absolute Gasteiger partial charge is 0.497 e. The number of benzene rings is 1. The van der Waals surface area contributed by atoms with Crippen molar-refractivity contribution in [1.29, 1.82) is 0 Å². The number of rotatable bonds is 3. The van der Waals surface area contributed by atoms with Gasteiger partial charge in [-0.15, -0.1) is 0 Å². The molecule has 0 radical (unpaired) electrons. The van der Waals surface area contributed by atoms with Gasteiger partial charge in [-0.3, -0.25) is 4.57 Å². The molecule has 0 atom stereocenters. The number of imidazole rings is 1. The molecule has 0 fully saturated rings. The number of methoxy groups -OCH3 is 1. The molecule has 0 amide bonds. The molecule has 0 saturated heterocycles. The SMILES string of the molecule is COc1ccc(-c2nc(Cl)nc(-n3ccnc3)n2)c(C)c1. The first kappa shape index (κ1) is 13.5. The van der Waals surface area contributed by atoms with E-state index in [9.17, 15) is 0 Å². The Kier molecular flexibility index (Phi) is 3.53. The highest BCUT2D eigenvalue weighted by molar-refractivity contribution is 6.28. The van der Waals surface area contributed by atoms with Gasteiger partial charge in [0.2, 0.25) is 11.2 Å². The van der Waals surface area contributed by atoms with Crippen LogP contribution in [0.15, 0.2) is 36.9 Å². The molecule has 0 unspecified atom stereocenters. The Morgan fingerprint density at radius 2 is 2.05 bits per heavy atom. The van der Waals surface area contributed by atoms with Crippen molar-refractivity contribution in [3.05, 3.63) is 47.8 Å². The summed E-state index contributed by atoms with van der Waals surface area (Å²) in [4.78, 5) is 16.7. The minimum absolute atomic E-state index is 0.138. The van der Waals surface area contributed by atoms with E-state index in [2.05, 4.69) is 19.9 Å². The Labute approximate surface area is 126 Å². The molecule has 3 rings (SSSR count). The molecule has 2 aromatic heterocycles. The molecule has 0 aliphatic carbocycles. The number of halogens is 1. The maximum absolute atomic E-state index is 6.01. The molecule has 0 aliphatic rings. The van der Waals surface area contributed by atoms with Gasteiger partial charge in [-0.2, -0.15) is 15.0 Å². The molecule has 0 N–H and O–H groups in total. The molecular weight excluding hydrogens is 290 g/mol. The van der Waals surface area contributed by atoms with Crippen LogP contribution in [-0.2, 0) is 0 Å². The van der Waals surface area contributed by atoms with E-state index >= 15 is 0 Å². The fraction of sp³-hybridized carbons (Fsp3) is 0.143. The van der Waals surface area contributed by atoms with E-state index in [1.807, 2.05) is 25.1 Å². The lowest BCUT2D eigenvalue weighted by atomic mass is 10.1. The topological polar surface area (TPSA) is 65.7 Å². The zero-order valence-corrected chi connectivity index (χ0v) is 12.2. The zero-order valence-electron chi connectivity index (χ0n) is 11.5. The van der Waals surface area contributed by atoms with Crippen LogP contribution in [-0.4, -0.2) is 31.6 Å². The minimum Gasteiger partial charge on any atom is -0.497 e. The Morgan fingerprint density at radius 1 is 1.19 bits per heavy atom. The molecule has 21 heavy (non-hydrogen) atoms. The highest BCUT2D eigenvalue weighted by Gasteiger charge is 2.11. The number of aryl methyl sites for hydroxylation is 1. The monoisotopic (exact) mass is 301 g/mol. The minimum atomic E-state index is 0.138. The van der Waals surface area contributed by atoms with Gasteiger partial charge in [-0.25, -0.2) is 4.98 Å². The summed E-state index contributed by atoms with van der Waals surface area (Å²) in [5.74, 6) is 1.72. The standard InChI is InChI=1S/C14H12ClN5O/c1-9-7-10(21-2)3-4-11(9)12-17-13(15)19-14(18-12)20-6-5-16-8-20/h3-8H,1-2H3. The Hall–Kier alpha value is -2.47. The van der Waals surface area contributed by atoms with E-state index in [4.69, 9.17) is 16.3 Å². The molecule has 7 heteroatoms. The van der Waals surface area contributed by atoms with Crippen molar-refractivity contribution >= 4 is 11.6 Å². The lowest BCUT2D eigenvalue weighted by Crippen LogP contribution is -2.03. The summed E-state index contributed by atoms with van der Waals surface area (Å²) in [6.45, 7) is 1.96. The maximum Gasteiger partial charge on any atom is 0.239 e. The highest BCUT2D eigenvalue weighted by atomic mass is 35.5. The second kappa shape index (κ2) is 5.49. The van der Waals surface area contributed by atoms with Crippen LogP contribution in [0.4, 0.5) is 0 Å². The van der Waals surface area contributed by atoms with Gasteiger partial charge >= 0.3 is 0 Å². The van der Waals surface area contributed by atoms with Crippen LogP contribution in [0.1, 0.15) is 5.56 Å². The van der Waals surface area contributed by atoms with E-state index in [0.29, 0.717) is 11.8 Å². The first-order valence-electron chi connectivity index (χ1n) is 6.22. The molecular formula is C14H12ClN5O. The average molecular weight is 302 g/mol. The molecule has 0 aliphatic heterocycles. The van der Waals surface area contributed by atoms with Gasteiger partial charge in [-0.1, -0.05) is 0 Å². The second-order valence-corrected chi connectivity index (χ2v) is 4.72. The molecule has 0 spiro atoms. The summed E-state index contributed by atoms with van der Waals surface area (Å²) < 4.78 is 6.88. The predicted molar refractivity (Wildman–Crippen MR) is 78.7 cm³/mol. The maximum atomic E-state index is 6.01. The summed E-state index contributed by atoms with van der Waals surface area (Å²) in [5, 5.41) is 0.138. The van der Waals surface area contributed by atoms with Crippen LogP contribution in [0.25, 0.3) is 17.3 Å². The van der Waals surface area contributed by atoms with E-state index in [0.717, 1.165) is 16.9 Å². The fourth-order valence-corrected chi connectivity index (χ4v) is 2.12. The van der Waals surface area contributed by atoms with E-state index in [1.54, 1.807) is 30.4 Å². The summed E-state index contributed by atoms with van der Waals surface area (Å²) >= 11 is 6.01. The predicted octanol–water partition coefficient (Wildman–Crippen LogP) is 2.69. The average Bonchev–Trinajstić information content (AvgIpc) is 3.00. The Bertz CT molecular complexity index is 773. The quantitative estimate of drug-likeness (QED) is 0.744. The first-order chi connectivity index (χ1) is 10.2. The van der Waals surface area contributed by atoms with Crippen LogP contribution in [0, 0.1) is 6.92 Å². The molecule has 106 valence electrons. The third kappa shape index (κ3) is 2.71. The lowest BCUT2D eigenvalue weighted by molar-refractivity contribution is 0.414. The van der Waals surface area contributed by atoms with Crippen molar-refractivity contribution in [3.8, 4) is 23.1 Å². The van der Waals surface area contributed by atoms with Gasteiger partial charge < -0.3 is 4.74 Å². The molecule has 1 aromatic carbocycles. The number of aromatic nitrogens is 5. The second-order valence-electron chi connectivity index (χ2n) is 4.38. The number of ether oxygens (including phenoxy) is 1. The lowest BCUT2D eigenvalue weighted by Gasteiger charge is -2.08. The van der Waals surface area contributed by atoms with Gasteiger partial charge in [0, 0.05) is 18.0 Å². The van der Waals surface area contributed by atoms with Crippen molar-refractivity contribution in [2.45, 2.75) is 6.92 Å². The van der Waals surface area contributed by atoms with Gasteiger partial charge in [0.05, 0.1) is 7.11 Å². The van der Waals surface area contributed by atoms with Crippen LogP contribution in [0.5, 0.6) is 5.75 Å². The van der Waals surface area contributed by atoms with Gasteiger partial charge in [0.15, 0.2) is 5.82 Å². The normalized spacial score (nSPS) is 10.6. The van der Waals surface area contributed by atoms with E-state index in [1.165, 1.54) is 0 Å². The van der Waals surface area contributed by atoms with Gasteiger partial charge in [0.25, 0.3) is 0 Å². The highest BCUT2D eigenvalue weighted by Crippen LogP contribution is 2.25. The number of hydrogen-bond acceptors (Lipinski definition) is 5. The van der Waals surface area contributed by atoms with Crippen molar-refractivity contribution in [2.24, 2.45) is 0 Å². The molecule has 3 aromatic rings. The Morgan fingerprint density at radius 3 is 2.71 bits per heavy atom. The van der Waals surface area contributed by atoms with Crippen molar-refractivity contribution in [3.63, 3.8) is 0 Å². The Balaban J connectivity index is 2.10. The third-order valence-corrected chi connectivity index (χ3v) is 3.18. The van der Waals surface area contributed by atoms with Crippen LogP contribution >= 0.6 is 11.6 Å². The van der Waals surface area contributed by atoms with E-state index in [-0.39, 0.29) is 5.28 Å².